The Morgan fingerprint density at radius 1 is 1.48 bits per heavy atom. The van der Waals surface area contributed by atoms with Crippen LogP contribution in [0.4, 0.5) is 0 Å². The SMILES string of the molecule is CCN1CCCC1Cc1nc2ccc(C(=O)OC)cn2n1. The van der Waals surface area contributed by atoms with Crippen molar-refractivity contribution in [1.29, 1.82) is 0 Å². The molecule has 2 aromatic heterocycles. The molecule has 0 saturated carbocycles. The Balaban J connectivity index is 1.82. The zero-order chi connectivity index (χ0) is 14.8. The van der Waals surface area contributed by atoms with Crippen LogP contribution in [-0.2, 0) is 11.2 Å². The van der Waals surface area contributed by atoms with Crippen molar-refractivity contribution in [1.82, 2.24) is 19.5 Å². The van der Waals surface area contributed by atoms with Crippen LogP contribution >= 0.6 is 0 Å². The molecule has 1 aliphatic heterocycles. The molecule has 3 rings (SSSR count). The highest BCUT2D eigenvalue weighted by Crippen LogP contribution is 2.19. The third kappa shape index (κ3) is 2.76. The number of fused-ring (bicyclic) bond motifs is 1. The van der Waals surface area contributed by atoms with Crippen molar-refractivity contribution < 1.29 is 9.53 Å². The summed E-state index contributed by atoms with van der Waals surface area (Å²) in [4.78, 5) is 18.6. The fourth-order valence-electron chi connectivity index (χ4n) is 3.01. The van der Waals surface area contributed by atoms with Crippen LogP contribution in [0, 0.1) is 0 Å². The van der Waals surface area contributed by atoms with Gasteiger partial charge in [0.15, 0.2) is 11.5 Å². The number of likely N-dealkylation sites (N-methyl/N-ethyl adjacent to an activating group) is 1. The van der Waals surface area contributed by atoms with Crippen LogP contribution in [0.25, 0.3) is 5.65 Å². The van der Waals surface area contributed by atoms with Gasteiger partial charge in [-0.05, 0) is 38.1 Å². The molecule has 0 bridgehead atoms. The second kappa shape index (κ2) is 5.81. The second-order valence-corrected chi connectivity index (χ2v) is 5.37. The molecule has 2 aromatic rings. The molecule has 0 spiro atoms. The molecule has 1 atom stereocenters. The number of carbonyl (C=O) groups excluding carboxylic acids is 1. The quantitative estimate of drug-likeness (QED) is 0.799. The highest BCUT2D eigenvalue weighted by molar-refractivity contribution is 5.89. The van der Waals surface area contributed by atoms with E-state index in [0.717, 1.165) is 24.4 Å². The lowest BCUT2D eigenvalue weighted by Gasteiger charge is -2.21. The van der Waals surface area contributed by atoms with Crippen LogP contribution in [0.5, 0.6) is 0 Å². The van der Waals surface area contributed by atoms with Crippen LogP contribution in [-0.4, -0.2) is 51.7 Å². The van der Waals surface area contributed by atoms with Gasteiger partial charge >= 0.3 is 5.97 Å². The lowest BCUT2D eigenvalue weighted by Crippen LogP contribution is -2.31. The second-order valence-electron chi connectivity index (χ2n) is 5.37. The summed E-state index contributed by atoms with van der Waals surface area (Å²) in [6.45, 7) is 4.43. The van der Waals surface area contributed by atoms with E-state index >= 15 is 0 Å². The Kier molecular flexibility index (Phi) is 3.88. The first kappa shape index (κ1) is 14.0. The smallest absolute Gasteiger partial charge is 0.339 e. The Hall–Kier alpha value is -1.95. The van der Waals surface area contributed by atoms with Crippen molar-refractivity contribution in [3.63, 3.8) is 0 Å². The number of methoxy groups -OCH3 is 1. The predicted molar refractivity (Wildman–Crippen MR) is 78.3 cm³/mol. The van der Waals surface area contributed by atoms with Gasteiger partial charge in [0, 0.05) is 18.7 Å². The van der Waals surface area contributed by atoms with Crippen LogP contribution in [0.1, 0.15) is 35.9 Å². The summed E-state index contributed by atoms with van der Waals surface area (Å²) in [5.74, 6) is 0.476. The van der Waals surface area contributed by atoms with E-state index in [0.29, 0.717) is 11.6 Å². The number of hydrogen-bond acceptors (Lipinski definition) is 5. The van der Waals surface area contributed by atoms with Gasteiger partial charge in [0.25, 0.3) is 0 Å². The summed E-state index contributed by atoms with van der Waals surface area (Å²) >= 11 is 0. The maximum absolute atomic E-state index is 11.5. The molecule has 6 nitrogen and oxygen atoms in total. The van der Waals surface area contributed by atoms with E-state index < -0.39 is 0 Å². The number of pyridine rings is 1. The largest absolute Gasteiger partial charge is 0.465 e. The summed E-state index contributed by atoms with van der Waals surface area (Å²) in [5, 5.41) is 4.49. The molecule has 0 radical (unpaired) electrons. The van der Waals surface area contributed by atoms with Gasteiger partial charge < -0.3 is 9.64 Å². The molecular weight excluding hydrogens is 268 g/mol. The molecule has 1 fully saturated rings. The first-order chi connectivity index (χ1) is 10.2. The summed E-state index contributed by atoms with van der Waals surface area (Å²) in [7, 11) is 1.37. The highest BCUT2D eigenvalue weighted by atomic mass is 16.5. The van der Waals surface area contributed by atoms with E-state index in [9.17, 15) is 4.79 Å². The Bertz CT molecular complexity index is 652. The van der Waals surface area contributed by atoms with Crippen molar-refractivity contribution in [2.45, 2.75) is 32.2 Å². The van der Waals surface area contributed by atoms with Gasteiger partial charge in [0.05, 0.1) is 12.7 Å². The summed E-state index contributed by atoms with van der Waals surface area (Å²) in [5.41, 5.74) is 1.25. The monoisotopic (exact) mass is 288 g/mol. The fraction of sp³-hybridized carbons (Fsp3) is 0.533. The summed E-state index contributed by atoms with van der Waals surface area (Å²) in [6, 6.07) is 4.05. The van der Waals surface area contributed by atoms with E-state index in [2.05, 4.69) is 21.9 Å². The molecule has 1 unspecified atom stereocenters. The average molecular weight is 288 g/mol. The first-order valence-electron chi connectivity index (χ1n) is 7.39. The summed E-state index contributed by atoms with van der Waals surface area (Å²) in [6.07, 6.45) is 4.99. The number of carbonyl (C=O) groups is 1. The Morgan fingerprint density at radius 3 is 3.10 bits per heavy atom. The number of esters is 1. The molecule has 0 aromatic carbocycles. The molecular formula is C15H20N4O2. The molecule has 3 heterocycles. The number of ether oxygens (including phenoxy) is 1. The molecule has 0 amide bonds. The zero-order valence-corrected chi connectivity index (χ0v) is 12.5. The van der Waals surface area contributed by atoms with Crippen molar-refractivity contribution >= 4 is 11.6 Å². The van der Waals surface area contributed by atoms with Gasteiger partial charge in [-0.3, -0.25) is 0 Å². The minimum Gasteiger partial charge on any atom is -0.465 e. The molecule has 21 heavy (non-hydrogen) atoms. The predicted octanol–water partition coefficient (Wildman–Crippen LogP) is 1.54. The number of aromatic nitrogens is 3. The molecule has 1 aliphatic rings. The number of likely N-dealkylation sites (tertiary alicyclic amines) is 1. The fourth-order valence-corrected chi connectivity index (χ4v) is 3.01. The van der Waals surface area contributed by atoms with Gasteiger partial charge in [0.1, 0.15) is 0 Å². The van der Waals surface area contributed by atoms with E-state index in [1.807, 2.05) is 0 Å². The topological polar surface area (TPSA) is 59.7 Å². The number of hydrogen-bond donors (Lipinski definition) is 0. The van der Waals surface area contributed by atoms with Gasteiger partial charge in [-0.15, -0.1) is 0 Å². The third-order valence-corrected chi connectivity index (χ3v) is 4.12. The van der Waals surface area contributed by atoms with Crippen LogP contribution in [0.2, 0.25) is 0 Å². The van der Waals surface area contributed by atoms with E-state index in [4.69, 9.17) is 4.74 Å². The van der Waals surface area contributed by atoms with Crippen molar-refractivity contribution in [3.05, 3.63) is 29.7 Å². The van der Waals surface area contributed by atoms with Crippen LogP contribution < -0.4 is 0 Å². The molecule has 6 heteroatoms. The van der Waals surface area contributed by atoms with Crippen LogP contribution in [0.3, 0.4) is 0 Å². The normalized spacial score (nSPS) is 19.2. The lowest BCUT2D eigenvalue weighted by atomic mass is 10.1. The van der Waals surface area contributed by atoms with Crippen molar-refractivity contribution in [2.75, 3.05) is 20.2 Å². The minimum atomic E-state index is -0.359. The average Bonchev–Trinajstić information content (AvgIpc) is 3.11. The van der Waals surface area contributed by atoms with Crippen LogP contribution in [0.15, 0.2) is 18.3 Å². The maximum atomic E-state index is 11.5. The Labute approximate surface area is 123 Å². The molecule has 0 aliphatic carbocycles. The molecule has 112 valence electrons. The standard InChI is InChI=1S/C15H20N4O2/c1-3-18-8-4-5-12(18)9-13-16-14-7-6-11(15(20)21-2)10-19(14)17-13/h6-7,10,12H,3-5,8-9H2,1-2H3. The zero-order valence-electron chi connectivity index (χ0n) is 12.5. The van der Waals surface area contributed by atoms with E-state index in [1.54, 1.807) is 22.8 Å². The van der Waals surface area contributed by atoms with Gasteiger partial charge in [0.2, 0.25) is 0 Å². The molecule has 0 N–H and O–H groups in total. The Morgan fingerprint density at radius 2 is 2.33 bits per heavy atom. The minimum absolute atomic E-state index is 0.359. The lowest BCUT2D eigenvalue weighted by molar-refractivity contribution is 0.0600. The maximum Gasteiger partial charge on any atom is 0.339 e. The molecule has 1 saturated heterocycles. The number of rotatable bonds is 4. The van der Waals surface area contributed by atoms with Gasteiger partial charge in [-0.1, -0.05) is 6.92 Å². The van der Waals surface area contributed by atoms with Gasteiger partial charge in [-0.2, -0.15) is 5.10 Å². The van der Waals surface area contributed by atoms with E-state index in [1.165, 1.54) is 26.5 Å². The van der Waals surface area contributed by atoms with E-state index in [-0.39, 0.29) is 5.97 Å². The third-order valence-electron chi connectivity index (χ3n) is 4.12. The summed E-state index contributed by atoms with van der Waals surface area (Å²) < 4.78 is 6.38. The first-order valence-corrected chi connectivity index (χ1v) is 7.39. The number of nitrogens with zero attached hydrogens (tertiary/aromatic N) is 4. The van der Waals surface area contributed by atoms with Crippen molar-refractivity contribution in [3.8, 4) is 0 Å². The highest BCUT2D eigenvalue weighted by Gasteiger charge is 2.24. The van der Waals surface area contributed by atoms with Crippen molar-refractivity contribution in [2.24, 2.45) is 0 Å². The van der Waals surface area contributed by atoms with Gasteiger partial charge in [-0.25, -0.2) is 14.3 Å².